The van der Waals surface area contributed by atoms with Gasteiger partial charge >= 0.3 is 6.18 Å². The second-order valence-electron chi connectivity index (χ2n) is 5.64. The summed E-state index contributed by atoms with van der Waals surface area (Å²) in [5.74, 6) is 0.00309. The lowest BCUT2D eigenvalue weighted by Crippen LogP contribution is -2.08. The lowest BCUT2D eigenvalue weighted by atomic mass is 9.96. The van der Waals surface area contributed by atoms with Crippen LogP contribution in [0.25, 0.3) is 5.57 Å². The number of nitrogens with zero attached hydrogens (tertiary/aromatic N) is 1. The van der Waals surface area contributed by atoms with Crippen LogP contribution in [0.2, 0.25) is 0 Å². The van der Waals surface area contributed by atoms with E-state index in [-0.39, 0.29) is 0 Å². The highest BCUT2D eigenvalue weighted by Gasteiger charge is 2.30. The Labute approximate surface area is 142 Å². The van der Waals surface area contributed by atoms with Gasteiger partial charge in [-0.2, -0.15) is 13.2 Å². The van der Waals surface area contributed by atoms with Gasteiger partial charge in [-0.25, -0.2) is 4.39 Å². The van der Waals surface area contributed by atoms with Crippen LogP contribution in [0.5, 0.6) is 5.75 Å². The van der Waals surface area contributed by atoms with Crippen molar-refractivity contribution < 1.29 is 22.3 Å². The molecule has 6 heteroatoms. The van der Waals surface area contributed by atoms with E-state index in [1.807, 2.05) is 0 Å². The molecule has 0 saturated carbocycles. The molecule has 2 nitrogen and oxygen atoms in total. The molecule has 0 fully saturated rings. The second-order valence-corrected chi connectivity index (χ2v) is 5.64. The standard InChI is InChI=1S/C19H15F4NO/c1-25-17-9-14(8-16(20)11-17)13-6-7-24-18(10-13)12-2-4-15(5-3-12)19(21,22)23/h2-5,8-11H,6-7H2,1H3. The highest BCUT2D eigenvalue weighted by Crippen LogP contribution is 2.30. The maximum Gasteiger partial charge on any atom is 0.416 e. The first-order valence-corrected chi connectivity index (χ1v) is 7.64. The molecule has 0 saturated heterocycles. The molecular weight excluding hydrogens is 334 g/mol. The highest BCUT2D eigenvalue weighted by atomic mass is 19.4. The van der Waals surface area contributed by atoms with Gasteiger partial charge in [-0.1, -0.05) is 12.1 Å². The fraction of sp³-hybridized carbons (Fsp3) is 0.211. The number of alkyl halides is 3. The number of hydrogen-bond donors (Lipinski definition) is 0. The van der Waals surface area contributed by atoms with Gasteiger partial charge in [0.05, 0.1) is 18.4 Å². The van der Waals surface area contributed by atoms with E-state index in [9.17, 15) is 17.6 Å². The van der Waals surface area contributed by atoms with Crippen LogP contribution in [-0.4, -0.2) is 19.4 Å². The third-order valence-corrected chi connectivity index (χ3v) is 3.96. The van der Waals surface area contributed by atoms with Crippen LogP contribution >= 0.6 is 0 Å². The van der Waals surface area contributed by atoms with Crippen LogP contribution in [-0.2, 0) is 6.18 Å². The van der Waals surface area contributed by atoms with E-state index in [1.165, 1.54) is 31.4 Å². The molecule has 0 aromatic heterocycles. The van der Waals surface area contributed by atoms with E-state index >= 15 is 0 Å². The minimum atomic E-state index is -4.37. The Morgan fingerprint density at radius 2 is 1.72 bits per heavy atom. The van der Waals surface area contributed by atoms with E-state index in [2.05, 4.69) is 4.99 Å². The lowest BCUT2D eigenvalue weighted by Gasteiger charge is -2.15. The number of methoxy groups -OCH3 is 1. The molecule has 0 amide bonds. The van der Waals surface area contributed by atoms with Crippen molar-refractivity contribution in [2.45, 2.75) is 12.6 Å². The zero-order valence-electron chi connectivity index (χ0n) is 13.4. The SMILES string of the molecule is COc1cc(F)cc(C2=CC(c3ccc(C(F)(F)F)cc3)=NCC2)c1. The van der Waals surface area contributed by atoms with Crippen molar-refractivity contribution in [3.8, 4) is 5.75 Å². The van der Waals surface area contributed by atoms with Crippen molar-refractivity contribution in [2.75, 3.05) is 13.7 Å². The van der Waals surface area contributed by atoms with Crippen LogP contribution in [0.3, 0.4) is 0 Å². The predicted molar refractivity (Wildman–Crippen MR) is 88.4 cm³/mol. The molecule has 2 aromatic rings. The summed E-state index contributed by atoms with van der Waals surface area (Å²) in [6.45, 7) is 0.487. The maximum atomic E-state index is 13.7. The summed E-state index contributed by atoms with van der Waals surface area (Å²) >= 11 is 0. The zero-order valence-corrected chi connectivity index (χ0v) is 13.4. The quantitative estimate of drug-likeness (QED) is 0.704. The Kier molecular flexibility index (Phi) is 4.61. The first kappa shape index (κ1) is 17.2. The molecule has 25 heavy (non-hydrogen) atoms. The van der Waals surface area contributed by atoms with Crippen LogP contribution in [0.1, 0.15) is 23.1 Å². The summed E-state index contributed by atoms with van der Waals surface area (Å²) in [5.41, 5.74) is 2.01. The fourth-order valence-electron chi connectivity index (χ4n) is 2.68. The first-order valence-electron chi connectivity index (χ1n) is 7.64. The molecule has 1 heterocycles. The smallest absolute Gasteiger partial charge is 0.416 e. The largest absolute Gasteiger partial charge is 0.497 e. The fourth-order valence-corrected chi connectivity index (χ4v) is 2.68. The summed E-state index contributed by atoms with van der Waals surface area (Å²) in [7, 11) is 1.46. The van der Waals surface area contributed by atoms with Gasteiger partial charge in [0.2, 0.25) is 0 Å². The lowest BCUT2D eigenvalue weighted by molar-refractivity contribution is -0.137. The van der Waals surface area contributed by atoms with Crippen molar-refractivity contribution in [3.63, 3.8) is 0 Å². The third kappa shape index (κ3) is 3.90. The van der Waals surface area contributed by atoms with Crippen molar-refractivity contribution in [3.05, 3.63) is 71.0 Å². The number of benzene rings is 2. The molecule has 0 atom stereocenters. The van der Waals surface area contributed by atoms with Gasteiger partial charge in [-0.15, -0.1) is 0 Å². The third-order valence-electron chi connectivity index (χ3n) is 3.96. The predicted octanol–water partition coefficient (Wildman–Crippen LogP) is 5.13. The van der Waals surface area contributed by atoms with Gasteiger partial charge in [0.1, 0.15) is 11.6 Å². The molecule has 1 aliphatic heterocycles. The maximum absolute atomic E-state index is 13.7. The number of allylic oxidation sites excluding steroid dienone is 1. The summed E-state index contributed by atoms with van der Waals surface area (Å²) in [4.78, 5) is 4.37. The Balaban J connectivity index is 1.92. The monoisotopic (exact) mass is 349 g/mol. The van der Waals surface area contributed by atoms with Gasteiger partial charge in [0.15, 0.2) is 0 Å². The molecule has 0 N–H and O–H groups in total. The van der Waals surface area contributed by atoms with Gasteiger partial charge < -0.3 is 4.74 Å². The normalized spacial score (nSPS) is 14.8. The van der Waals surface area contributed by atoms with E-state index in [1.54, 1.807) is 12.1 Å². The van der Waals surface area contributed by atoms with Crippen LogP contribution in [0.4, 0.5) is 17.6 Å². The van der Waals surface area contributed by atoms with Crippen LogP contribution in [0.15, 0.2) is 53.5 Å². The van der Waals surface area contributed by atoms with Gasteiger partial charge in [0.25, 0.3) is 0 Å². The minimum Gasteiger partial charge on any atom is -0.497 e. The van der Waals surface area contributed by atoms with E-state index < -0.39 is 17.6 Å². The topological polar surface area (TPSA) is 21.6 Å². The number of halogens is 4. The number of aliphatic imine (C=N–C) groups is 1. The van der Waals surface area contributed by atoms with Crippen LogP contribution in [0, 0.1) is 5.82 Å². The molecule has 1 aliphatic rings. The molecule has 2 aromatic carbocycles. The highest BCUT2D eigenvalue weighted by molar-refractivity contribution is 6.13. The Bertz CT molecular complexity index is 835. The number of hydrogen-bond acceptors (Lipinski definition) is 2. The second kappa shape index (κ2) is 6.70. The molecular formula is C19H15F4NO. The number of rotatable bonds is 3. The van der Waals surface area contributed by atoms with E-state index in [0.29, 0.717) is 35.6 Å². The van der Waals surface area contributed by atoms with E-state index in [4.69, 9.17) is 4.74 Å². The van der Waals surface area contributed by atoms with Crippen molar-refractivity contribution >= 4 is 11.3 Å². The van der Waals surface area contributed by atoms with Crippen molar-refractivity contribution in [1.29, 1.82) is 0 Å². The zero-order chi connectivity index (χ0) is 18.0. The molecule has 0 aliphatic carbocycles. The Morgan fingerprint density at radius 1 is 1.00 bits per heavy atom. The number of dihydropyridines is 1. The molecule has 0 spiro atoms. The van der Waals surface area contributed by atoms with Gasteiger partial charge in [-0.05, 0) is 53.5 Å². The molecule has 0 bridgehead atoms. The summed E-state index contributed by atoms with van der Waals surface area (Å²) < 4.78 is 56.8. The Hall–Kier alpha value is -2.63. The average molecular weight is 349 g/mol. The summed E-state index contributed by atoms with van der Waals surface area (Å²) in [6, 6.07) is 9.28. The number of ether oxygens (including phenoxy) is 1. The minimum absolute atomic E-state index is 0.408. The van der Waals surface area contributed by atoms with Gasteiger partial charge in [-0.3, -0.25) is 4.99 Å². The Morgan fingerprint density at radius 3 is 2.36 bits per heavy atom. The summed E-state index contributed by atoms with van der Waals surface area (Å²) in [6.07, 6.45) is -1.97. The molecule has 3 rings (SSSR count). The molecule has 0 unspecified atom stereocenters. The molecule has 0 radical (unpaired) electrons. The van der Waals surface area contributed by atoms with E-state index in [0.717, 1.165) is 17.7 Å². The average Bonchev–Trinajstić information content (AvgIpc) is 2.60. The van der Waals surface area contributed by atoms with Gasteiger partial charge in [0, 0.05) is 12.6 Å². The molecule has 130 valence electrons. The first-order chi connectivity index (χ1) is 11.9. The van der Waals surface area contributed by atoms with Crippen molar-refractivity contribution in [2.24, 2.45) is 4.99 Å². The summed E-state index contributed by atoms with van der Waals surface area (Å²) in [5, 5.41) is 0. The van der Waals surface area contributed by atoms with Crippen molar-refractivity contribution in [1.82, 2.24) is 0 Å². The van der Waals surface area contributed by atoms with Crippen LogP contribution < -0.4 is 4.74 Å².